The molecule has 0 aliphatic carbocycles. The van der Waals surface area contributed by atoms with Gasteiger partial charge in [-0.05, 0) is 26.3 Å². The molecule has 2 unspecified atom stereocenters. The summed E-state index contributed by atoms with van der Waals surface area (Å²) in [4.78, 5) is 25.3. The van der Waals surface area contributed by atoms with Crippen LogP contribution in [0.3, 0.4) is 0 Å². The molecular formula is C18H26N2O4. The highest BCUT2D eigenvalue weighted by atomic mass is 16.6. The minimum atomic E-state index is -0.849. The Morgan fingerprint density at radius 1 is 1.25 bits per heavy atom. The summed E-state index contributed by atoms with van der Waals surface area (Å²) in [6.45, 7) is 7.41. The number of carboxylic acids is 1. The summed E-state index contributed by atoms with van der Waals surface area (Å²) in [5, 5.41) is 12.0. The second kappa shape index (κ2) is 7.66. The van der Waals surface area contributed by atoms with Crippen LogP contribution in [-0.4, -0.2) is 46.8 Å². The number of carbonyl (C=O) groups is 2. The molecular weight excluding hydrogens is 308 g/mol. The molecule has 2 rings (SSSR count). The van der Waals surface area contributed by atoms with Gasteiger partial charge in [-0.15, -0.1) is 0 Å². The van der Waals surface area contributed by atoms with E-state index in [4.69, 9.17) is 9.84 Å². The minimum Gasteiger partial charge on any atom is -0.481 e. The van der Waals surface area contributed by atoms with E-state index in [1.807, 2.05) is 30.3 Å². The van der Waals surface area contributed by atoms with Crippen molar-refractivity contribution in [3.8, 4) is 0 Å². The summed E-state index contributed by atoms with van der Waals surface area (Å²) in [5.41, 5.74) is 0.596. The maximum absolute atomic E-state index is 12.0. The Labute approximate surface area is 142 Å². The third kappa shape index (κ3) is 5.85. The molecule has 0 bridgehead atoms. The number of carbonyl (C=O) groups excluding carboxylic acids is 1. The number of likely N-dealkylation sites (tertiary alicyclic amines) is 1. The van der Waals surface area contributed by atoms with Gasteiger partial charge in [0, 0.05) is 31.6 Å². The summed E-state index contributed by atoms with van der Waals surface area (Å²) in [7, 11) is 0. The van der Waals surface area contributed by atoms with Gasteiger partial charge in [0.2, 0.25) is 0 Å². The van der Waals surface area contributed by atoms with Crippen LogP contribution in [0.15, 0.2) is 30.3 Å². The van der Waals surface area contributed by atoms with Gasteiger partial charge >= 0.3 is 12.1 Å². The molecule has 24 heavy (non-hydrogen) atoms. The number of aliphatic carboxylic acids is 1. The van der Waals surface area contributed by atoms with E-state index in [1.54, 1.807) is 20.8 Å². The van der Waals surface area contributed by atoms with Crippen LogP contribution in [0.2, 0.25) is 0 Å². The second-order valence-corrected chi connectivity index (χ2v) is 7.29. The van der Waals surface area contributed by atoms with Gasteiger partial charge in [0.15, 0.2) is 0 Å². The van der Waals surface area contributed by atoms with Gasteiger partial charge in [-0.25, -0.2) is 4.79 Å². The molecule has 0 radical (unpaired) electrons. The zero-order chi connectivity index (χ0) is 17.7. The predicted octanol–water partition coefficient (Wildman–Crippen LogP) is 2.49. The van der Waals surface area contributed by atoms with Gasteiger partial charge in [-0.2, -0.15) is 0 Å². The number of nitrogens with one attached hydrogen (secondary N) is 1. The first-order valence-corrected chi connectivity index (χ1v) is 8.20. The fourth-order valence-electron chi connectivity index (χ4n) is 2.98. The van der Waals surface area contributed by atoms with E-state index in [1.165, 1.54) is 5.56 Å². The summed E-state index contributed by atoms with van der Waals surface area (Å²) in [6.07, 6.45) is -0.462. The monoisotopic (exact) mass is 334 g/mol. The highest BCUT2D eigenvalue weighted by Gasteiger charge is 2.35. The lowest BCUT2D eigenvalue weighted by Gasteiger charge is -2.23. The molecule has 1 aromatic rings. The first kappa shape index (κ1) is 18.3. The second-order valence-electron chi connectivity index (χ2n) is 7.29. The summed E-state index contributed by atoms with van der Waals surface area (Å²) in [5.74, 6) is -0.976. The van der Waals surface area contributed by atoms with Gasteiger partial charge < -0.3 is 15.2 Å². The molecule has 6 nitrogen and oxygen atoms in total. The lowest BCUT2D eigenvalue weighted by atomic mass is 10.0. The molecule has 2 atom stereocenters. The van der Waals surface area contributed by atoms with E-state index in [0.717, 1.165) is 6.54 Å². The van der Waals surface area contributed by atoms with Crippen LogP contribution < -0.4 is 5.32 Å². The average Bonchev–Trinajstić information content (AvgIpc) is 2.78. The largest absolute Gasteiger partial charge is 0.481 e. The number of ether oxygens (including phenoxy) is 1. The molecule has 1 aliphatic rings. The van der Waals surface area contributed by atoms with Crippen LogP contribution in [0.5, 0.6) is 0 Å². The number of nitrogens with zero attached hydrogens (tertiary/aromatic N) is 1. The van der Waals surface area contributed by atoms with Crippen molar-refractivity contribution in [2.24, 2.45) is 5.92 Å². The van der Waals surface area contributed by atoms with E-state index < -0.39 is 17.7 Å². The van der Waals surface area contributed by atoms with Crippen LogP contribution >= 0.6 is 0 Å². The average molecular weight is 334 g/mol. The number of rotatable bonds is 5. The van der Waals surface area contributed by atoms with Crippen LogP contribution in [-0.2, 0) is 16.1 Å². The number of benzene rings is 1. The first-order chi connectivity index (χ1) is 11.2. The fourth-order valence-corrected chi connectivity index (χ4v) is 2.98. The smallest absolute Gasteiger partial charge is 0.407 e. The van der Waals surface area contributed by atoms with Crippen molar-refractivity contribution < 1.29 is 19.4 Å². The SMILES string of the molecule is CC(C)(C)OC(=O)NC1CN(Cc2ccccc2)CC1CC(=O)O. The highest BCUT2D eigenvalue weighted by Crippen LogP contribution is 2.23. The van der Waals surface area contributed by atoms with Crippen LogP contribution in [0.25, 0.3) is 0 Å². The Balaban J connectivity index is 1.98. The lowest BCUT2D eigenvalue weighted by molar-refractivity contribution is -0.138. The maximum Gasteiger partial charge on any atom is 0.407 e. The van der Waals surface area contributed by atoms with Crippen molar-refractivity contribution in [2.75, 3.05) is 13.1 Å². The van der Waals surface area contributed by atoms with Crippen LogP contribution in [0.4, 0.5) is 4.79 Å². The van der Waals surface area contributed by atoms with Crippen LogP contribution in [0.1, 0.15) is 32.8 Å². The molecule has 0 spiro atoms. The first-order valence-electron chi connectivity index (χ1n) is 8.20. The molecule has 1 saturated heterocycles. The van der Waals surface area contributed by atoms with Crippen molar-refractivity contribution >= 4 is 12.1 Å². The summed E-state index contributed by atoms with van der Waals surface area (Å²) < 4.78 is 5.29. The highest BCUT2D eigenvalue weighted by molar-refractivity contribution is 5.69. The Hall–Kier alpha value is -2.08. The zero-order valence-corrected chi connectivity index (χ0v) is 14.5. The minimum absolute atomic E-state index is 0.0335. The van der Waals surface area contributed by atoms with Gasteiger partial charge in [0.25, 0.3) is 0 Å². The molecule has 1 fully saturated rings. The molecule has 0 saturated carbocycles. The van der Waals surface area contributed by atoms with Gasteiger partial charge in [-0.3, -0.25) is 9.69 Å². The molecule has 1 aromatic carbocycles. The van der Waals surface area contributed by atoms with Crippen molar-refractivity contribution in [1.29, 1.82) is 0 Å². The molecule has 0 aromatic heterocycles. The maximum atomic E-state index is 12.0. The Morgan fingerprint density at radius 2 is 1.92 bits per heavy atom. The van der Waals surface area contributed by atoms with E-state index in [9.17, 15) is 9.59 Å². The molecule has 1 heterocycles. The van der Waals surface area contributed by atoms with Crippen LogP contribution in [0, 0.1) is 5.92 Å². The van der Waals surface area contributed by atoms with Gasteiger partial charge in [0.1, 0.15) is 5.60 Å². The van der Waals surface area contributed by atoms with Crippen molar-refractivity contribution in [1.82, 2.24) is 10.2 Å². The summed E-state index contributed by atoms with van der Waals surface area (Å²) >= 11 is 0. The number of carboxylic acid groups (broad SMARTS) is 1. The Morgan fingerprint density at radius 3 is 2.50 bits per heavy atom. The zero-order valence-electron chi connectivity index (χ0n) is 14.5. The molecule has 1 amide bonds. The third-order valence-corrected chi connectivity index (χ3v) is 3.90. The van der Waals surface area contributed by atoms with Crippen molar-refractivity contribution in [2.45, 2.75) is 45.4 Å². The van der Waals surface area contributed by atoms with Gasteiger partial charge in [-0.1, -0.05) is 30.3 Å². The Kier molecular flexibility index (Phi) is 5.83. The van der Waals surface area contributed by atoms with Gasteiger partial charge in [0.05, 0.1) is 6.42 Å². The van der Waals surface area contributed by atoms with E-state index in [0.29, 0.717) is 13.1 Å². The number of amides is 1. The third-order valence-electron chi connectivity index (χ3n) is 3.90. The van der Waals surface area contributed by atoms with E-state index in [-0.39, 0.29) is 18.4 Å². The predicted molar refractivity (Wildman–Crippen MR) is 90.6 cm³/mol. The quantitative estimate of drug-likeness (QED) is 0.865. The summed E-state index contributed by atoms with van der Waals surface area (Å²) in [6, 6.07) is 9.79. The normalized spacial score (nSPS) is 21.5. The molecule has 132 valence electrons. The number of hydrogen-bond acceptors (Lipinski definition) is 4. The molecule has 1 aliphatic heterocycles. The standard InChI is InChI=1S/C18H26N2O4/c1-18(2,3)24-17(23)19-15-12-20(11-14(15)9-16(21)22)10-13-7-5-4-6-8-13/h4-8,14-15H,9-12H2,1-3H3,(H,19,23)(H,21,22). The lowest BCUT2D eigenvalue weighted by Crippen LogP contribution is -2.43. The van der Waals surface area contributed by atoms with Crippen molar-refractivity contribution in [3.05, 3.63) is 35.9 Å². The number of alkyl carbamates (subject to hydrolysis) is 1. The van der Waals surface area contributed by atoms with Crippen molar-refractivity contribution in [3.63, 3.8) is 0 Å². The van der Waals surface area contributed by atoms with E-state index >= 15 is 0 Å². The topological polar surface area (TPSA) is 78.9 Å². The number of hydrogen-bond donors (Lipinski definition) is 2. The van der Waals surface area contributed by atoms with E-state index in [2.05, 4.69) is 10.2 Å². The molecule has 2 N–H and O–H groups in total. The fraction of sp³-hybridized carbons (Fsp3) is 0.556. The molecule has 6 heteroatoms. The Bertz CT molecular complexity index is 568.